The number of non-ortho nitro benzene ring substituents is 2. The average molecular weight is 618 g/mol. The topological polar surface area (TPSA) is 196 Å². The highest BCUT2D eigenvalue weighted by Crippen LogP contribution is 2.51. The number of carbonyl (C=O) groups excluding carboxylic acids is 3. The summed E-state index contributed by atoms with van der Waals surface area (Å²) in [5, 5.41) is 21.3. The Labute approximate surface area is 246 Å². The number of ether oxygens (including phenoxy) is 6. The number of nitro benzene ring substituents is 2. The lowest BCUT2D eigenvalue weighted by Gasteiger charge is -2.41. The SMILES string of the molecule is O=C(OCC[C@H]1C(=O)N2C(C(=O)Oc3ccc([N+](=O)[O-])cc3)=C(OC3COCOC3)S[C@@H]12)OCc1ccc([N+](=O)[O-])cc1. The van der Waals surface area contributed by atoms with Crippen molar-refractivity contribution in [1.29, 1.82) is 0 Å². The van der Waals surface area contributed by atoms with Crippen LogP contribution in [0.1, 0.15) is 12.0 Å². The van der Waals surface area contributed by atoms with Crippen molar-refractivity contribution in [2.75, 3.05) is 26.6 Å². The molecular weight excluding hydrogens is 594 g/mol. The molecule has 2 fully saturated rings. The lowest BCUT2D eigenvalue weighted by Crippen LogP contribution is -2.57. The Morgan fingerprint density at radius 3 is 2.21 bits per heavy atom. The summed E-state index contributed by atoms with van der Waals surface area (Å²) in [5.41, 5.74) is 0.121. The van der Waals surface area contributed by atoms with Gasteiger partial charge in [0.15, 0.2) is 10.8 Å². The summed E-state index contributed by atoms with van der Waals surface area (Å²) in [5.74, 6) is -1.89. The van der Waals surface area contributed by atoms with Gasteiger partial charge in [-0.1, -0.05) is 11.8 Å². The summed E-state index contributed by atoms with van der Waals surface area (Å²) in [6.45, 7) is 0.195. The molecule has 2 atom stereocenters. The molecule has 0 unspecified atom stereocenters. The molecule has 16 nitrogen and oxygen atoms in total. The Bertz CT molecular complexity index is 1440. The van der Waals surface area contributed by atoms with Crippen molar-refractivity contribution < 1.29 is 52.7 Å². The number of rotatable bonds is 11. The van der Waals surface area contributed by atoms with Crippen molar-refractivity contribution in [2.24, 2.45) is 5.92 Å². The predicted molar refractivity (Wildman–Crippen MR) is 143 cm³/mol. The van der Waals surface area contributed by atoms with Gasteiger partial charge in [0.05, 0.1) is 35.6 Å². The Hall–Kier alpha value is -4.74. The maximum atomic E-state index is 13.2. The van der Waals surface area contributed by atoms with Crippen LogP contribution in [0.15, 0.2) is 59.3 Å². The number of nitrogens with zero attached hydrogens (tertiary/aromatic N) is 3. The number of carbonyl (C=O) groups is 3. The predicted octanol–water partition coefficient (Wildman–Crippen LogP) is 3.24. The van der Waals surface area contributed by atoms with Gasteiger partial charge in [0.1, 0.15) is 30.6 Å². The molecule has 3 aliphatic heterocycles. The third-order valence-electron chi connectivity index (χ3n) is 6.47. The molecule has 3 heterocycles. The van der Waals surface area contributed by atoms with Crippen LogP contribution in [-0.4, -0.2) is 70.9 Å². The van der Waals surface area contributed by atoms with Crippen molar-refractivity contribution in [2.45, 2.75) is 24.5 Å². The molecule has 2 aromatic carbocycles. The molecule has 0 N–H and O–H groups in total. The first-order chi connectivity index (χ1) is 20.7. The summed E-state index contributed by atoms with van der Waals surface area (Å²) < 4.78 is 32.0. The van der Waals surface area contributed by atoms with Gasteiger partial charge in [-0.05, 0) is 36.2 Å². The van der Waals surface area contributed by atoms with E-state index in [2.05, 4.69) is 0 Å². The fourth-order valence-corrected chi connectivity index (χ4v) is 5.77. The number of β-lactam (4-membered cyclic amide) rings is 1. The largest absolute Gasteiger partial charge is 0.508 e. The van der Waals surface area contributed by atoms with Gasteiger partial charge in [0.2, 0.25) is 5.91 Å². The van der Waals surface area contributed by atoms with Gasteiger partial charge in [-0.3, -0.25) is 29.9 Å². The second-order valence-electron chi connectivity index (χ2n) is 9.30. The van der Waals surface area contributed by atoms with E-state index >= 15 is 0 Å². The molecule has 1 amide bonds. The van der Waals surface area contributed by atoms with E-state index in [9.17, 15) is 34.6 Å². The second-order valence-corrected chi connectivity index (χ2v) is 10.4. The van der Waals surface area contributed by atoms with E-state index in [0.717, 1.165) is 11.8 Å². The molecule has 43 heavy (non-hydrogen) atoms. The van der Waals surface area contributed by atoms with E-state index in [1.54, 1.807) is 0 Å². The van der Waals surface area contributed by atoms with Crippen LogP contribution in [0.3, 0.4) is 0 Å². The van der Waals surface area contributed by atoms with Gasteiger partial charge in [0, 0.05) is 24.3 Å². The first-order valence-electron chi connectivity index (χ1n) is 12.8. The lowest BCUT2D eigenvalue weighted by molar-refractivity contribution is -0.385. The molecule has 3 aliphatic rings. The smallest absolute Gasteiger partial charge is 0.477 e. The molecule has 0 radical (unpaired) electrons. The highest BCUT2D eigenvalue weighted by atomic mass is 32.2. The molecule has 2 aromatic rings. The van der Waals surface area contributed by atoms with Gasteiger partial charge in [-0.15, -0.1) is 0 Å². The van der Waals surface area contributed by atoms with Crippen LogP contribution < -0.4 is 4.74 Å². The Morgan fingerprint density at radius 2 is 1.58 bits per heavy atom. The minimum absolute atomic E-state index is 0.0328. The van der Waals surface area contributed by atoms with Gasteiger partial charge in [-0.2, -0.15) is 0 Å². The Balaban J connectivity index is 1.17. The van der Waals surface area contributed by atoms with Crippen LogP contribution in [0, 0.1) is 26.1 Å². The maximum absolute atomic E-state index is 13.2. The van der Waals surface area contributed by atoms with Crippen LogP contribution in [0.5, 0.6) is 5.75 Å². The van der Waals surface area contributed by atoms with Crippen molar-refractivity contribution >= 4 is 41.2 Å². The van der Waals surface area contributed by atoms with Gasteiger partial charge in [-0.25, -0.2) is 9.59 Å². The fraction of sp³-hybridized carbons (Fsp3) is 0.346. The molecule has 0 aromatic heterocycles. The summed E-state index contributed by atoms with van der Waals surface area (Å²) in [4.78, 5) is 60.1. The third kappa shape index (κ3) is 6.85. The number of nitro groups is 2. The Kier molecular flexibility index (Phi) is 9.03. The molecule has 2 saturated heterocycles. The maximum Gasteiger partial charge on any atom is 0.508 e. The Morgan fingerprint density at radius 1 is 0.953 bits per heavy atom. The highest BCUT2D eigenvalue weighted by Gasteiger charge is 2.57. The van der Waals surface area contributed by atoms with E-state index in [-0.39, 0.29) is 67.6 Å². The van der Waals surface area contributed by atoms with E-state index < -0.39 is 45.3 Å². The van der Waals surface area contributed by atoms with E-state index in [1.165, 1.54) is 53.4 Å². The zero-order chi connectivity index (χ0) is 30.5. The third-order valence-corrected chi connectivity index (χ3v) is 7.75. The van der Waals surface area contributed by atoms with Gasteiger partial charge >= 0.3 is 12.1 Å². The minimum Gasteiger partial charge on any atom is -0.477 e. The van der Waals surface area contributed by atoms with E-state index in [0.29, 0.717) is 5.56 Å². The van der Waals surface area contributed by atoms with Crippen LogP contribution in [0.25, 0.3) is 0 Å². The molecule has 17 heteroatoms. The first-order valence-corrected chi connectivity index (χ1v) is 13.6. The number of thioether (sulfide) groups is 1. The van der Waals surface area contributed by atoms with E-state index in [1.807, 2.05) is 0 Å². The molecule has 0 aliphatic carbocycles. The van der Waals surface area contributed by atoms with Crippen molar-refractivity contribution in [3.05, 3.63) is 85.1 Å². The first kappa shape index (κ1) is 29.7. The molecule has 226 valence electrons. The number of esters is 1. The molecular formula is C26H23N3O13S. The number of benzene rings is 2. The number of hydrogen-bond acceptors (Lipinski definition) is 14. The minimum atomic E-state index is -0.979. The van der Waals surface area contributed by atoms with Crippen LogP contribution >= 0.6 is 11.8 Å². The zero-order valence-electron chi connectivity index (χ0n) is 22.2. The van der Waals surface area contributed by atoms with Gasteiger partial charge in [0.25, 0.3) is 11.4 Å². The summed E-state index contributed by atoms with van der Waals surface area (Å²) in [6.07, 6.45) is -1.39. The number of fused-ring (bicyclic) bond motifs is 1. The van der Waals surface area contributed by atoms with Crippen LogP contribution in [-0.2, 0) is 39.9 Å². The van der Waals surface area contributed by atoms with E-state index in [4.69, 9.17) is 28.4 Å². The lowest BCUT2D eigenvalue weighted by atomic mass is 9.94. The highest BCUT2D eigenvalue weighted by molar-refractivity contribution is 8.03. The van der Waals surface area contributed by atoms with Crippen molar-refractivity contribution in [3.8, 4) is 5.75 Å². The fourth-order valence-electron chi connectivity index (χ4n) is 4.34. The summed E-state index contributed by atoms with van der Waals surface area (Å²) in [6, 6.07) is 10.4. The zero-order valence-corrected chi connectivity index (χ0v) is 23.0. The molecule has 5 rings (SSSR count). The summed E-state index contributed by atoms with van der Waals surface area (Å²) in [7, 11) is 0. The van der Waals surface area contributed by atoms with Crippen molar-refractivity contribution in [3.63, 3.8) is 0 Å². The van der Waals surface area contributed by atoms with Gasteiger partial charge < -0.3 is 28.4 Å². The van der Waals surface area contributed by atoms with Crippen LogP contribution in [0.2, 0.25) is 0 Å². The number of amides is 1. The molecule has 0 bridgehead atoms. The normalized spacial score (nSPS) is 19.7. The summed E-state index contributed by atoms with van der Waals surface area (Å²) >= 11 is 1.13. The molecule has 0 spiro atoms. The number of hydrogen-bond donors (Lipinski definition) is 0. The van der Waals surface area contributed by atoms with Crippen molar-refractivity contribution in [1.82, 2.24) is 4.90 Å². The monoisotopic (exact) mass is 617 g/mol. The average Bonchev–Trinajstić information content (AvgIpc) is 3.33. The quantitative estimate of drug-likeness (QED) is 0.117. The molecule has 0 saturated carbocycles. The second kappa shape index (κ2) is 13.1. The van der Waals surface area contributed by atoms with Crippen LogP contribution in [0.4, 0.5) is 16.2 Å². The standard InChI is InChI=1S/C26H23N3O13S/c30-22-20(9-10-39-26(32)40-11-15-1-3-16(4-2-15)28(33)34)23-27(22)21(25(43-23)42-19-12-37-14-38-13-19)24(31)41-18-7-5-17(6-8-18)29(35)36/h1-8,19-20,23H,9-14H2/t20-,23-/m0/s1.